The highest BCUT2D eigenvalue weighted by atomic mass is 35.5. The molecule has 1 aromatic carbocycles. The van der Waals surface area contributed by atoms with E-state index in [4.69, 9.17) is 16.3 Å². The van der Waals surface area contributed by atoms with Crippen molar-refractivity contribution in [1.82, 2.24) is 10.6 Å². The average molecular weight is 462 g/mol. The molecule has 5 atom stereocenters. The predicted octanol–water partition coefficient (Wildman–Crippen LogP) is 4.45. The number of rotatable bonds is 6. The van der Waals surface area contributed by atoms with Gasteiger partial charge in [-0.3, -0.25) is 9.59 Å². The Bertz CT molecular complexity index is 891. The maximum atomic E-state index is 13.1. The summed E-state index contributed by atoms with van der Waals surface area (Å²) in [6.07, 6.45) is 4.29. The Labute approximate surface area is 196 Å². The van der Waals surface area contributed by atoms with Gasteiger partial charge in [-0.25, -0.2) is 0 Å². The molecule has 176 valence electrons. The molecule has 2 aliphatic heterocycles. The normalized spacial score (nSPS) is 28.0. The summed E-state index contributed by atoms with van der Waals surface area (Å²) >= 11 is 6.47. The number of hydrogen-bond acceptors (Lipinski definition) is 4. The number of carbonyl (C=O) groups excluding carboxylic acids is 2. The third-order valence-corrected chi connectivity index (χ3v) is 6.86. The van der Waals surface area contributed by atoms with Gasteiger partial charge >= 0.3 is 0 Å². The fourth-order valence-electron chi connectivity index (χ4n) is 5.10. The second kappa shape index (κ2) is 10.3. The monoisotopic (exact) mass is 461 g/mol. The molecule has 1 aromatic rings. The van der Waals surface area contributed by atoms with Crippen LogP contribution in [-0.2, 0) is 9.53 Å². The number of anilines is 1. The second-order valence-electron chi connectivity index (χ2n) is 9.28. The molecule has 0 spiro atoms. The van der Waals surface area contributed by atoms with Crippen molar-refractivity contribution in [2.75, 3.05) is 18.0 Å². The van der Waals surface area contributed by atoms with Gasteiger partial charge in [0.05, 0.1) is 18.1 Å². The van der Waals surface area contributed by atoms with Crippen molar-refractivity contribution >= 4 is 29.1 Å². The molecule has 2 N–H and O–H groups in total. The van der Waals surface area contributed by atoms with Crippen LogP contribution in [0.3, 0.4) is 0 Å². The molecule has 0 aliphatic carbocycles. The highest BCUT2D eigenvalue weighted by Gasteiger charge is 2.31. The maximum Gasteiger partial charge on any atom is 0.251 e. The van der Waals surface area contributed by atoms with Crippen LogP contribution in [0, 0.1) is 18.8 Å². The van der Waals surface area contributed by atoms with E-state index in [9.17, 15) is 9.59 Å². The third-order valence-electron chi connectivity index (χ3n) is 6.64. The van der Waals surface area contributed by atoms with Crippen LogP contribution in [0.25, 0.3) is 0 Å². The number of carbonyl (C=O) groups is 2. The molecular formula is C25H36ClN3O3. The van der Waals surface area contributed by atoms with Gasteiger partial charge in [0, 0.05) is 41.1 Å². The van der Waals surface area contributed by atoms with E-state index in [1.807, 2.05) is 32.9 Å². The van der Waals surface area contributed by atoms with Crippen LogP contribution in [0.15, 0.2) is 23.9 Å². The van der Waals surface area contributed by atoms with Gasteiger partial charge in [-0.05, 0) is 71.1 Å². The zero-order valence-electron chi connectivity index (χ0n) is 20.0. The summed E-state index contributed by atoms with van der Waals surface area (Å²) in [7, 11) is 0. The van der Waals surface area contributed by atoms with E-state index in [2.05, 4.69) is 36.3 Å². The molecule has 3 unspecified atom stereocenters. The van der Waals surface area contributed by atoms with Gasteiger partial charge in [-0.2, -0.15) is 0 Å². The summed E-state index contributed by atoms with van der Waals surface area (Å²) in [6, 6.07) is 3.99. The van der Waals surface area contributed by atoms with Crippen molar-refractivity contribution in [3.8, 4) is 0 Å². The van der Waals surface area contributed by atoms with Crippen LogP contribution in [0.1, 0.15) is 63.4 Å². The summed E-state index contributed by atoms with van der Waals surface area (Å²) in [5.41, 5.74) is 3.29. The number of hydrogen-bond donors (Lipinski definition) is 2. The first-order valence-electron chi connectivity index (χ1n) is 11.6. The standard InChI is InChI=1S/C25H36ClN3O3/c1-7-29(20-9-16(4)32-17(5)10-20)23-12-19(26)11-21(18(23)6)24(30)27-13-22-14(2)8-15(3)28-25(22)31/h8,11-12,14,16-17,20,22H,7,9-10,13H2,1-6H3,(H,27,30)(H,28,31)/t14?,16-,17+,20?,22?. The lowest BCUT2D eigenvalue weighted by Gasteiger charge is -2.41. The van der Waals surface area contributed by atoms with Crippen molar-refractivity contribution in [3.05, 3.63) is 40.1 Å². The van der Waals surface area contributed by atoms with Crippen molar-refractivity contribution in [2.24, 2.45) is 11.8 Å². The highest BCUT2D eigenvalue weighted by Crippen LogP contribution is 2.33. The van der Waals surface area contributed by atoms with Gasteiger partial charge < -0.3 is 20.3 Å². The molecule has 32 heavy (non-hydrogen) atoms. The quantitative estimate of drug-likeness (QED) is 0.656. The van der Waals surface area contributed by atoms with E-state index in [-0.39, 0.29) is 42.4 Å². The Hall–Kier alpha value is -2.05. The molecular weight excluding hydrogens is 426 g/mol. The summed E-state index contributed by atoms with van der Waals surface area (Å²) in [5.74, 6) is -0.490. The van der Waals surface area contributed by atoms with E-state index in [1.165, 1.54) is 0 Å². The lowest BCUT2D eigenvalue weighted by atomic mass is 9.89. The van der Waals surface area contributed by atoms with Crippen molar-refractivity contribution in [3.63, 3.8) is 0 Å². The second-order valence-corrected chi connectivity index (χ2v) is 9.72. The fraction of sp³-hybridized carbons (Fsp3) is 0.600. The Balaban J connectivity index is 1.81. The van der Waals surface area contributed by atoms with Crippen LogP contribution in [0.5, 0.6) is 0 Å². The van der Waals surface area contributed by atoms with Crippen LogP contribution in [0.2, 0.25) is 5.02 Å². The molecule has 6 nitrogen and oxygen atoms in total. The zero-order chi connectivity index (χ0) is 23.6. The lowest BCUT2D eigenvalue weighted by molar-refractivity contribution is -0.125. The molecule has 0 bridgehead atoms. The lowest BCUT2D eigenvalue weighted by Crippen LogP contribution is -2.45. The van der Waals surface area contributed by atoms with Crippen LogP contribution < -0.4 is 15.5 Å². The molecule has 2 amide bonds. The number of amides is 2. The van der Waals surface area contributed by atoms with Gasteiger partial charge in [0.1, 0.15) is 0 Å². The topological polar surface area (TPSA) is 70.7 Å². The van der Waals surface area contributed by atoms with E-state index in [1.54, 1.807) is 6.07 Å². The largest absolute Gasteiger partial charge is 0.375 e. The predicted molar refractivity (Wildman–Crippen MR) is 129 cm³/mol. The SMILES string of the molecule is CCN(c1cc(Cl)cc(C(=O)NCC2C(=O)NC(C)=CC2C)c1C)C1C[C@@H](C)O[C@@H](C)C1. The first kappa shape index (κ1) is 24.6. The van der Waals surface area contributed by atoms with Gasteiger partial charge in [-0.15, -0.1) is 0 Å². The molecule has 0 saturated carbocycles. The van der Waals surface area contributed by atoms with E-state index < -0.39 is 0 Å². The molecule has 3 rings (SSSR count). The number of ether oxygens (including phenoxy) is 1. The minimum Gasteiger partial charge on any atom is -0.375 e. The van der Waals surface area contributed by atoms with E-state index >= 15 is 0 Å². The van der Waals surface area contributed by atoms with Crippen LogP contribution in [-0.4, -0.2) is 43.2 Å². The van der Waals surface area contributed by atoms with Crippen molar-refractivity contribution in [1.29, 1.82) is 0 Å². The van der Waals surface area contributed by atoms with Crippen LogP contribution >= 0.6 is 11.6 Å². The third kappa shape index (κ3) is 5.46. The Morgan fingerprint density at radius 1 is 1.22 bits per heavy atom. The first-order valence-corrected chi connectivity index (χ1v) is 12.0. The number of benzene rings is 1. The zero-order valence-corrected chi connectivity index (χ0v) is 20.8. The summed E-state index contributed by atoms with van der Waals surface area (Å²) < 4.78 is 5.92. The molecule has 0 aromatic heterocycles. The molecule has 0 radical (unpaired) electrons. The molecule has 1 fully saturated rings. The first-order chi connectivity index (χ1) is 15.1. The summed E-state index contributed by atoms with van der Waals surface area (Å²) in [6.45, 7) is 13.3. The highest BCUT2D eigenvalue weighted by molar-refractivity contribution is 6.31. The number of nitrogens with one attached hydrogen (secondary N) is 2. The molecule has 2 heterocycles. The number of halogens is 1. The average Bonchev–Trinajstić information content (AvgIpc) is 2.69. The molecule has 7 heteroatoms. The summed E-state index contributed by atoms with van der Waals surface area (Å²) in [4.78, 5) is 27.8. The minimum absolute atomic E-state index is 0.0544. The number of allylic oxidation sites excluding steroid dienone is 2. The minimum atomic E-state index is -0.293. The van der Waals surface area contributed by atoms with Crippen LogP contribution in [0.4, 0.5) is 5.69 Å². The van der Waals surface area contributed by atoms with E-state index in [0.717, 1.165) is 36.3 Å². The smallest absolute Gasteiger partial charge is 0.251 e. The number of nitrogens with zero attached hydrogens (tertiary/aromatic N) is 1. The molecule has 2 aliphatic rings. The molecule has 1 saturated heterocycles. The Morgan fingerprint density at radius 2 is 1.88 bits per heavy atom. The van der Waals surface area contributed by atoms with Gasteiger partial charge in [0.15, 0.2) is 0 Å². The van der Waals surface area contributed by atoms with Crippen molar-refractivity contribution < 1.29 is 14.3 Å². The summed E-state index contributed by atoms with van der Waals surface area (Å²) in [5, 5.41) is 6.35. The van der Waals surface area contributed by atoms with Gasteiger partial charge in [0.25, 0.3) is 5.91 Å². The van der Waals surface area contributed by atoms with Crippen molar-refractivity contribution in [2.45, 2.75) is 72.6 Å². The fourth-order valence-corrected chi connectivity index (χ4v) is 5.32. The maximum absolute atomic E-state index is 13.1. The Morgan fingerprint density at radius 3 is 2.47 bits per heavy atom. The Kier molecular flexibility index (Phi) is 7.88. The van der Waals surface area contributed by atoms with Gasteiger partial charge in [-0.1, -0.05) is 24.6 Å². The van der Waals surface area contributed by atoms with E-state index in [0.29, 0.717) is 16.6 Å². The van der Waals surface area contributed by atoms with Gasteiger partial charge in [0.2, 0.25) is 5.91 Å².